The van der Waals surface area contributed by atoms with E-state index >= 15 is 0 Å². The number of carboxylic acid groups (broad SMARTS) is 1. The number of halogens is 1. The molecule has 0 aromatic heterocycles. The number of rotatable bonds is 4. The summed E-state index contributed by atoms with van der Waals surface area (Å²) in [4.78, 5) is 10.9. The maximum atomic E-state index is 10.9. The number of ether oxygens (including phenoxy) is 1. The Bertz CT molecular complexity index is 467. The standard InChI is InChI=1S/C14H17BrO4/c15-11-5-4-10(13(16)17)8-12(11)19-9-14(18)6-2-1-3-7-14/h4-5,8,18H,1-3,6-7,9H2,(H,16,17). The second kappa shape index (κ2) is 5.92. The van der Waals surface area contributed by atoms with Gasteiger partial charge in [0.15, 0.2) is 0 Å². The Kier molecular flexibility index (Phi) is 4.47. The van der Waals surface area contributed by atoms with Gasteiger partial charge in [-0.25, -0.2) is 4.79 Å². The zero-order valence-corrected chi connectivity index (χ0v) is 12.1. The molecule has 0 heterocycles. The van der Waals surface area contributed by atoms with Gasteiger partial charge in [-0.2, -0.15) is 0 Å². The first-order valence-corrected chi connectivity index (χ1v) is 7.17. The fourth-order valence-corrected chi connectivity index (χ4v) is 2.67. The molecule has 5 heteroatoms. The van der Waals surface area contributed by atoms with Crippen LogP contribution in [0.5, 0.6) is 5.75 Å². The van der Waals surface area contributed by atoms with Crippen molar-refractivity contribution in [2.75, 3.05) is 6.61 Å². The van der Waals surface area contributed by atoms with Gasteiger partial charge in [0.1, 0.15) is 12.4 Å². The first-order valence-electron chi connectivity index (χ1n) is 6.38. The topological polar surface area (TPSA) is 66.8 Å². The maximum absolute atomic E-state index is 10.9. The van der Waals surface area contributed by atoms with Crippen LogP contribution in [0.3, 0.4) is 0 Å². The minimum Gasteiger partial charge on any atom is -0.489 e. The van der Waals surface area contributed by atoms with Crippen molar-refractivity contribution in [3.63, 3.8) is 0 Å². The molecule has 1 fully saturated rings. The van der Waals surface area contributed by atoms with Crippen molar-refractivity contribution in [2.24, 2.45) is 0 Å². The minimum absolute atomic E-state index is 0.175. The Morgan fingerprint density at radius 3 is 2.63 bits per heavy atom. The Morgan fingerprint density at radius 2 is 2.00 bits per heavy atom. The summed E-state index contributed by atoms with van der Waals surface area (Å²) in [6, 6.07) is 4.62. The van der Waals surface area contributed by atoms with Gasteiger partial charge in [0, 0.05) is 0 Å². The molecular weight excluding hydrogens is 312 g/mol. The molecule has 104 valence electrons. The third kappa shape index (κ3) is 3.70. The highest BCUT2D eigenvalue weighted by atomic mass is 79.9. The van der Waals surface area contributed by atoms with E-state index in [-0.39, 0.29) is 12.2 Å². The van der Waals surface area contributed by atoms with Gasteiger partial charge in [0.2, 0.25) is 0 Å². The zero-order chi connectivity index (χ0) is 13.9. The molecule has 0 unspecified atom stereocenters. The van der Waals surface area contributed by atoms with Crippen LogP contribution in [0.25, 0.3) is 0 Å². The van der Waals surface area contributed by atoms with Gasteiger partial charge in [0.05, 0.1) is 15.6 Å². The largest absolute Gasteiger partial charge is 0.489 e. The van der Waals surface area contributed by atoms with Crippen LogP contribution in [0.2, 0.25) is 0 Å². The Labute approximate surface area is 120 Å². The molecule has 1 aromatic rings. The van der Waals surface area contributed by atoms with Gasteiger partial charge in [-0.15, -0.1) is 0 Å². The molecule has 1 aromatic carbocycles. The first-order chi connectivity index (χ1) is 9.00. The average molecular weight is 329 g/mol. The van der Waals surface area contributed by atoms with Gasteiger partial charge in [-0.05, 0) is 47.0 Å². The van der Waals surface area contributed by atoms with Crippen molar-refractivity contribution in [1.82, 2.24) is 0 Å². The van der Waals surface area contributed by atoms with Gasteiger partial charge >= 0.3 is 5.97 Å². The molecule has 2 rings (SSSR count). The highest BCUT2D eigenvalue weighted by Crippen LogP contribution is 2.31. The van der Waals surface area contributed by atoms with Gasteiger partial charge < -0.3 is 14.9 Å². The lowest BCUT2D eigenvalue weighted by atomic mass is 9.85. The third-order valence-corrected chi connectivity index (χ3v) is 4.11. The van der Waals surface area contributed by atoms with E-state index in [4.69, 9.17) is 9.84 Å². The van der Waals surface area contributed by atoms with Crippen LogP contribution in [0.4, 0.5) is 0 Å². The highest BCUT2D eigenvalue weighted by Gasteiger charge is 2.30. The van der Waals surface area contributed by atoms with E-state index in [1.165, 1.54) is 12.1 Å². The van der Waals surface area contributed by atoms with E-state index in [2.05, 4.69) is 15.9 Å². The third-order valence-electron chi connectivity index (χ3n) is 3.46. The summed E-state index contributed by atoms with van der Waals surface area (Å²) < 4.78 is 6.30. The van der Waals surface area contributed by atoms with E-state index in [9.17, 15) is 9.90 Å². The molecule has 1 aliphatic rings. The van der Waals surface area contributed by atoms with Crippen molar-refractivity contribution in [2.45, 2.75) is 37.7 Å². The lowest BCUT2D eigenvalue weighted by molar-refractivity contribution is -0.0340. The van der Waals surface area contributed by atoms with Gasteiger partial charge in [0.25, 0.3) is 0 Å². The highest BCUT2D eigenvalue weighted by molar-refractivity contribution is 9.10. The number of hydrogen-bond acceptors (Lipinski definition) is 3. The van der Waals surface area contributed by atoms with E-state index in [1.54, 1.807) is 6.07 Å². The molecule has 0 radical (unpaired) electrons. The van der Waals surface area contributed by atoms with Crippen LogP contribution >= 0.6 is 15.9 Å². The van der Waals surface area contributed by atoms with Crippen LogP contribution in [0, 0.1) is 0 Å². The lowest BCUT2D eigenvalue weighted by Gasteiger charge is -2.31. The van der Waals surface area contributed by atoms with E-state index < -0.39 is 11.6 Å². The molecule has 0 amide bonds. The molecule has 4 nitrogen and oxygen atoms in total. The number of carboxylic acids is 1. The van der Waals surface area contributed by atoms with E-state index in [1.807, 2.05) is 0 Å². The fourth-order valence-electron chi connectivity index (χ4n) is 2.31. The summed E-state index contributed by atoms with van der Waals surface area (Å²) in [7, 11) is 0. The van der Waals surface area contributed by atoms with E-state index in [0.29, 0.717) is 10.2 Å². The van der Waals surface area contributed by atoms with Gasteiger partial charge in [-0.1, -0.05) is 19.3 Å². The minimum atomic E-state index is -0.992. The quantitative estimate of drug-likeness (QED) is 0.890. The lowest BCUT2D eigenvalue weighted by Crippen LogP contribution is -2.37. The summed E-state index contributed by atoms with van der Waals surface area (Å²) in [5, 5.41) is 19.3. The molecule has 0 spiro atoms. The molecule has 19 heavy (non-hydrogen) atoms. The summed E-state index contributed by atoms with van der Waals surface area (Å²) in [6.07, 6.45) is 4.65. The predicted molar refractivity (Wildman–Crippen MR) is 74.6 cm³/mol. The number of aromatic carboxylic acids is 1. The summed E-state index contributed by atoms with van der Waals surface area (Å²) in [6.45, 7) is 0.203. The van der Waals surface area contributed by atoms with E-state index in [0.717, 1.165) is 32.1 Å². The Hall–Kier alpha value is -1.07. The molecule has 0 atom stereocenters. The summed E-state index contributed by atoms with van der Waals surface area (Å²) >= 11 is 3.32. The maximum Gasteiger partial charge on any atom is 0.335 e. The second-order valence-corrected chi connectivity index (χ2v) is 5.88. The van der Waals surface area contributed by atoms with Crippen molar-refractivity contribution < 1.29 is 19.7 Å². The normalized spacial score (nSPS) is 18.0. The number of benzene rings is 1. The molecule has 0 bridgehead atoms. The smallest absolute Gasteiger partial charge is 0.335 e. The molecule has 0 aliphatic heterocycles. The Balaban J connectivity index is 2.06. The average Bonchev–Trinajstić information content (AvgIpc) is 2.38. The molecule has 0 saturated heterocycles. The van der Waals surface area contributed by atoms with Crippen molar-refractivity contribution in [3.8, 4) is 5.75 Å². The molecular formula is C14H17BrO4. The Morgan fingerprint density at radius 1 is 1.32 bits per heavy atom. The van der Waals surface area contributed by atoms with Crippen molar-refractivity contribution >= 4 is 21.9 Å². The van der Waals surface area contributed by atoms with Crippen LogP contribution < -0.4 is 4.74 Å². The van der Waals surface area contributed by atoms with Crippen molar-refractivity contribution in [3.05, 3.63) is 28.2 Å². The van der Waals surface area contributed by atoms with Gasteiger partial charge in [-0.3, -0.25) is 0 Å². The molecule has 2 N–H and O–H groups in total. The number of aliphatic hydroxyl groups is 1. The molecule has 1 aliphatic carbocycles. The summed E-state index contributed by atoms with van der Waals surface area (Å²) in [5.74, 6) is -0.535. The molecule has 1 saturated carbocycles. The number of hydrogen-bond donors (Lipinski definition) is 2. The monoisotopic (exact) mass is 328 g/mol. The summed E-state index contributed by atoms with van der Waals surface area (Å²) in [5.41, 5.74) is -0.606. The second-order valence-electron chi connectivity index (χ2n) is 5.02. The predicted octanol–water partition coefficient (Wildman–Crippen LogP) is 3.22. The van der Waals surface area contributed by atoms with Crippen molar-refractivity contribution in [1.29, 1.82) is 0 Å². The first kappa shape index (κ1) is 14.3. The zero-order valence-electron chi connectivity index (χ0n) is 10.6. The van der Waals surface area contributed by atoms with Crippen LogP contribution in [0.1, 0.15) is 42.5 Å². The van der Waals surface area contributed by atoms with Crippen LogP contribution in [0.15, 0.2) is 22.7 Å². The van der Waals surface area contributed by atoms with Crippen LogP contribution in [-0.2, 0) is 0 Å². The number of carbonyl (C=O) groups is 1. The fraction of sp³-hybridized carbons (Fsp3) is 0.500. The SMILES string of the molecule is O=C(O)c1ccc(Br)c(OCC2(O)CCCCC2)c1. The van der Waals surface area contributed by atoms with Crippen LogP contribution in [-0.4, -0.2) is 28.4 Å².